The normalized spacial score (nSPS) is 11.1. The molecule has 0 aliphatic heterocycles. The summed E-state index contributed by atoms with van der Waals surface area (Å²) in [4.78, 5) is 24.9. The van der Waals surface area contributed by atoms with Gasteiger partial charge in [-0.25, -0.2) is 13.6 Å². The summed E-state index contributed by atoms with van der Waals surface area (Å²) in [5.41, 5.74) is 1.04. The van der Waals surface area contributed by atoms with Crippen LogP contribution in [-0.2, 0) is 14.8 Å². The Bertz CT molecular complexity index is 1110. The summed E-state index contributed by atoms with van der Waals surface area (Å²) >= 11 is 1.29. The van der Waals surface area contributed by atoms with Crippen molar-refractivity contribution in [1.29, 1.82) is 0 Å². The molecular formula is C19H17N3O5S2. The Morgan fingerprint density at radius 2 is 1.72 bits per heavy atom. The van der Waals surface area contributed by atoms with Crippen LogP contribution < -0.4 is 15.8 Å². The molecule has 0 aliphatic carbocycles. The zero-order valence-electron chi connectivity index (χ0n) is 15.0. The van der Waals surface area contributed by atoms with E-state index in [-0.39, 0.29) is 28.2 Å². The van der Waals surface area contributed by atoms with Crippen LogP contribution in [0.5, 0.6) is 0 Å². The van der Waals surface area contributed by atoms with E-state index in [0.29, 0.717) is 11.4 Å². The Balaban J connectivity index is 1.54. The van der Waals surface area contributed by atoms with Gasteiger partial charge in [-0.3, -0.25) is 9.59 Å². The first kappa shape index (κ1) is 20.6. The van der Waals surface area contributed by atoms with Crippen LogP contribution in [0.25, 0.3) is 0 Å². The van der Waals surface area contributed by atoms with Gasteiger partial charge in [0.2, 0.25) is 15.9 Å². The molecule has 1 heterocycles. The summed E-state index contributed by atoms with van der Waals surface area (Å²) in [5, 5.41) is 10.4. The van der Waals surface area contributed by atoms with Crippen molar-refractivity contribution >= 4 is 45.0 Å². The van der Waals surface area contributed by atoms with Crippen molar-refractivity contribution in [3.05, 3.63) is 72.7 Å². The SMILES string of the molecule is NS(=O)(=O)c1ccc(NC(=O)CSc2cccc(NC(=O)c3ccco3)c2)cc1. The third-order valence-electron chi connectivity index (χ3n) is 3.67. The van der Waals surface area contributed by atoms with Crippen LogP contribution in [0.2, 0.25) is 0 Å². The first-order valence-corrected chi connectivity index (χ1v) is 10.8. The van der Waals surface area contributed by atoms with E-state index in [1.807, 2.05) is 6.07 Å². The van der Waals surface area contributed by atoms with Crippen LogP contribution in [0.3, 0.4) is 0 Å². The highest BCUT2D eigenvalue weighted by atomic mass is 32.2. The molecule has 8 nitrogen and oxygen atoms in total. The topological polar surface area (TPSA) is 132 Å². The molecular weight excluding hydrogens is 414 g/mol. The molecule has 0 radical (unpaired) electrons. The third kappa shape index (κ3) is 5.95. The lowest BCUT2D eigenvalue weighted by Gasteiger charge is -2.08. The number of hydrogen-bond acceptors (Lipinski definition) is 6. The van der Waals surface area contributed by atoms with Gasteiger partial charge in [0.1, 0.15) is 0 Å². The first-order chi connectivity index (χ1) is 13.8. The van der Waals surface area contributed by atoms with Crippen LogP contribution in [0.1, 0.15) is 10.6 Å². The molecule has 3 rings (SSSR count). The molecule has 150 valence electrons. The molecule has 2 amide bonds. The number of hydrogen-bond donors (Lipinski definition) is 3. The fraction of sp³-hybridized carbons (Fsp3) is 0.0526. The molecule has 0 bridgehead atoms. The predicted molar refractivity (Wildman–Crippen MR) is 110 cm³/mol. The number of carbonyl (C=O) groups is 2. The van der Waals surface area contributed by atoms with E-state index in [1.165, 1.54) is 42.3 Å². The first-order valence-electron chi connectivity index (χ1n) is 8.32. The van der Waals surface area contributed by atoms with Gasteiger partial charge in [-0.1, -0.05) is 6.07 Å². The monoisotopic (exact) mass is 431 g/mol. The smallest absolute Gasteiger partial charge is 0.291 e. The third-order valence-corrected chi connectivity index (χ3v) is 5.60. The number of furan rings is 1. The summed E-state index contributed by atoms with van der Waals surface area (Å²) < 4.78 is 27.5. The van der Waals surface area contributed by atoms with Crippen LogP contribution >= 0.6 is 11.8 Å². The van der Waals surface area contributed by atoms with Gasteiger partial charge in [0.15, 0.2) is 5.76 Å². The number of anilines is 2. The van der Waals surface area contributed by atoms with Crippen LogP contribution in [0.15, 0.2) is 81.1 Å². The van der Waals surface area contributed by atoms with Crippen molar-refractivity contribution in [2.24, 2.45) is 5.14 Å². The van der Waals surface area contributed by atoms with Gasteiger partial charge in [-0.15, -0.1) is 11.8 Å². The molecule has 0 atom stereocenters. The Kier molecular flexibility index (Phi) is 6.37. The Morgan fingerprint density at radius 1 is 0.966 bits per heavy atom. The minimum absolute atomic E-state index is 0.0294. The average Bonchev–Trinajstić information content (AvgIpc) is 3.21. The lowest BCUT2D eigenvalue weighted by molar-refractivity contribution is -0.113. The Morgan fingerprint density at radius 3 is 2.38 bits per heavy atom. The maximum Gasteiger partial charge on any atom is 0.291 e. The number of carbonyl (C=O) groups excluding carboxylic acids is 2. The molecule has 0 fully saturated rings. The maximum atomic E-state index is 12.1. The molecule has 29 heavy (non-hydrogen) atoms. The molecule has 0 aliphatic rings. The van der Waals surface area contributed by atoms with Crippen molar-refractivity contribution < 1.29 is 22.4 Å². The average molecular weight is 431 g/mol. The van der Waals surface area contributed by atoms with Gasteiger partial charge in [0, 0.05) is 16.3 Å². The predicted octanol–water partition coefficient (Wildman–Crippen LogP) is 2.91. The van der Waals surface area contributed by atoms with E-state index in [1.54, 1.807) is 30.3 Å². The highest BCUT2D eigenvalue weighted by Crippen LogP contribution is 2.22. The Labute approximate surface area is 171 Å². The molecule has 0 saturated heterocycles. The highest BCUT2D eigenvalue weighted by molar-refractivity contribution is 8.00. The number of amides is 2. The molecule has 0 saturated carbocycles. The molecule has 3 aromatic rings. The van der Waals surface area contributed by atoms with E-state index in [0.717, 1.165) is 4.90 Å². The number of nitrogens with two attached hydrogens (primary N) is 1. The van der Waals surface area contributed by atoms with Gasteiger partial charge >= 0.3 is 0 Å². The van der Waals surface area contributed by atoms with E-state index in [9.17, 15) is 18.0 Å². The summed E-state index contributed by atoms with van der Waals surface area (Å²) in [7, 11) is -3.77. The molecule has 0 spiro atoms. The molecule has 0 unspecified atom stereocenters. The standard InChI is InChI=1S/C19H17N3O5S2/c20-29(25,26)16-8-6-13(7-9-16)21-18(23)12-28-15-4-1-3-14(11-15)22-19(24)17-5-2-10-27-17/h1-11H,12H2,(H,21,23)(H,22,24)(H2,20,25,26). The van der Waals surface area contributed by atoms with E-state index in [2.05, 4.69) is 10.6 Å². The van der Waals surface area contributed by atoms with Crippen LogP contribution in [-0.4, -0.2) is 26.0 Å². The largest absolute Gasteiger partial charge is 0.459 e. The minimum atomic E-state index is -3.77. The summed E-state index contributed by atoms with van der Waals surface area (Å²) in [6.45, 7) is 0. The zero-order valence-corrected chi connectivity index (χ0v) is 16.6. The van der Waals surface area contributed by atoms with Crippen molar-refractivity contribution in [3.63, 3.8) is 0 Å². The van der Waals surface area contributed by atoms with Crippen LogP contribution in [0.4, 0.5) is 11.4 Å². The summed E-state index contributed by atoms with van der Waals surface area (Å²) in [6.07, 6.45) is 1.42. The summed E-state index contributed by atoms with van der Waals surface area (Å²) in [6, 6.07) is 15.8. The van der Waals surface area contributed by atoms with Gasteiger partial charge in [-0.2, -0.15) is 0 Å². The van der Waals surface area contributed by atoms with Gasteiger partial charge in [-0.05, 0) is 54.6 Å². The van der Waals surface area contributed by atoms with Gasteiger partial charge in [0.05, 0.1) is 16.9 Å². The lowest BCUT2D eigenvalue weighted by atomic mass is 10.3. The second kappa shape index (κ2) is 8.95. The Hall–Kier alpha value is -3.08. The number of benzene rings is 2. The molecule has 2 aromatic carbocycles. The van der Waals surface area contributed by atoms with Crippen molar-refractivity contribution in [2.45, 2.75) is 9.79 Å². The summed E-state index contributed by atoms with van der Waals surface area (Å²) in [5.74, 6) is -0.288. The fourth-order valence-electron chi connectivity index (χ4n) is 2.34. The van der Waals surface area contributed by atoms with E-state index < -0.39 is 10.0 Å². The van der Waals surface area contributed by atoms with Crippen LogP contribution in [0, 0.1) is 0 Å². The molecule has 1 aromatic heterocycles. The van der Waals surface area contributed by atoms with Crippen molar-refractivity contribution in [3.8, 4) is 0 Å². The number of sulfonamides is 1. The number of nitrogens with one attached hydrogen (secondary N) is 2. The second-order valence-electron chi connectivity index (χ2n) is 5.87. The fourth-order valence-corrected chi connectivity index (χ4v) is 3.61. The molecule has 4 N–H and O–H groups in total. The quantitative estimate of drug-likeness (QED) is 0.493. The maximum absolute atomic E-state index is 12.1. The minimum Gasteiger partial charge on any atom is -0.459 e. The highest BCUT2D eigenvalue weighted by Gasteiger charge is 2.10. The lowest BCUT2D eigenvalue weighted by Crippen LogP contribution is -2.15. The number of primary sulfonamides is 1. The van der Waals surface area contributed by atoms with Crippen molar-refractivity contribution in [2.75, 3.05) is 16.4 Å². The van der Waals surface area contributed by atoms with E-state index in [4.69, 9.17) is 9.56 Å². The van der Waals surface area contributed by atoms with Gasteiger partial charge < -0.3 is 15.1 Å². The molecule has 10 heteroatoms. The van der Waals surface area contributed by atoms with E-state index >= 15 is 0 Å². The second-order valence-corrected chi connectivity index (χ2v) is 8.48. The number of thioether (sulfide) groups is 1. The number of rotatable bonds is 7. The zero-order chi connectivity index (χ0) is 20.9. The van der Waals surface area contributed by atoms with Gasteiger partial charge in [0.25, 0.3) is 5.91 Å². The van der Waals surface area contributed by atoms with Crippen molar-refractivity contribution in [1.82, 2.24) is 0 Å².